The first kappa shape index (κ1) is 10.4. The van der Waals surface area contributed by atoms with E-state index in [0.717, 1.165) is 0 Å². The summed E-state index contributed by atoms with van der Waals surface area (Å²) in [5, 5.41) is 0. The predicted molar refractivity (Wildman–Crippen MR) is 41.2 cm³/mol. The van der Waals surface area contributed by atoms with Crippen molar-refractivity contribution < 1.29 is 18.9 Å². The van der Waals surface area contributed by atoms with E-state index in [9.17, 15) is 9.13 Å². The number of hydrogen-bond acceptors (Lipinski definition) is 2. The average molecular weight is 186 g/mol. The van der Waals surface area contributed by atoms with Crippen molar-refractivity contribution in [3.63, 3.8) is 0 Å². The number of hydrogen-bond donors (Lipinski definition) is 2. The van der Waals surface area contributed by atoms with Gasteiger partial charge in [0, 0.05) is 25.7 Å². The molecule has 0 fully saturated rings. The second-order valence-electron chi connectivity index (χ2n) is 2.55. The molecule has 0 heterocycles. The van der Waals surface area contributed by atoms with Crippen LogP contribution < -0.4 is 0 Å². The van der Waals surface area contributed by atoms with Gasteiger partial charge in [0.2, 0.25) is 0 Å². The van der Waals surface area contributed by atoms with Crippen molar-refractivity contribution in [1.82, 2.24) is 0 Å². The second-order valence-corrected chi connectivity index (χ2v) is 7.65. The summed E-state index contributed by atoms with van der Waals surface area (Å²) < 4.78 is 21.2. The van der Waals surface area contributed by atoms with Crippen LogP contribution >= 0.6 is 14.7 Å². The molecule has 10 heavy (non-hydrogen) atoms. The fourth-order valence-corrected chi connectivity index (χ4v) is 3.34. The van der Waals surface area contributed by atoms with Crippen molar-refractivity contribution >= 4 is 14.7 Å². The maximum Gasteiger partial charge on any atom is 0.198 e. The topological polar surface area (TPSA) is 74.6 Å². The van der Waals surface area contributed by atoms with Gasteiger partial charge in [-0.25, -0.2) is 0 Å². The molecule has 0 saturated heterocycles. The van der Waals surface area contributed by atoms with Crippen molar-refractivity contribution in [2.45, 2.75) is 0 Å². The minimum Gasteiger partial charge on any atom is -0.344 e. The highest BCUT2D eigenvalue weighted by Gasteiger charge is 2.16. The van der Waals surface area contributed by atoms with Gasteiger partial charge in [0.15, 0.2) is 14.7 Å². The monoisotopic (exact) mass is 186 g/mol. The Morgan fingerprint density at radius 1 is 1.00 bits per heavy atom. The SMILES string of the molecule is CP(=O)(O)CCP(C)(=O)O. The first-order valence-electron chi connectivity index (χ1n) is 2.79. The van der Waals surface area contributed by atoms with E-state index >= 15 is 0 Å². The summed E-state index contributed by atoms with van der Waals surface area (Å²) in [6, 6.07) is 0. The third-order valence-corrected chi connectivity index (χ3v) is 3.39. The van der Waals surface area contributed by atoms with Gasteiger partial charge in [-0.1, -0.05) is 0 Å². The van der Waals surface area contributed by atoms with Crippen molar-refractivity contribution in [2.75, 3.05) is 25.7 Å². The molecular weight excluding hydrogens is 174 g/mol. The fraction of sp³-hybridized carbons (Fsp3) is 1.00. The highest BCUT2D eigenvalue weighted by Crippen LogP contribution is 2.43. The Balaban J connectivity index is 3.79. The molecule has 0 spiro atoms. The third-order valence-electron chi connectivity index (χ3n) is 0.930. The van der Waals surface area contributed by atoms with E-state index in [4.69, 9.17) is 9.79 Å². The highest BCUT2D eigenvalue weighted by atomic mass is 31.2. The van der Waals surface area contributed by atoms with Crippen LogP contribution in [-0.4, -0.2) is 35.4 Å². The van der Waals surface area contributed by atoms with Gasteiger partial charge in [-0.15, -0.1) is 0 Å². The lowest BCUT2D eigenvalue weighted by molar-refractivity contribution is 0.474. The lowest BCUT2D eigenvalue weighted by Crippen LogP contribution is -1.94. The summed E-state index contributed by atoms with van der Waals surface area (Å²) in [7, 11) is -6.19. The molecule has 0 aliphatic rings. The molecule has 0 aromatic carbocycles. The van der Waals surface area contributed by atoms with Gasteiger partial charge in [-0.3, -0.25) is 9.13 Å². The molecule has 0 aromatic rings. The quantitative estimate of drug-likeness (QED) is 0.639. The number of rotatable bonds is 3. The standard InChI is InChI=1S/C4H12O4P2/c1-9(5,6)3-4-10(2,7)8/h3-4H2,1-2H3,(H,5,6)(H,7,8). The normalized spacial score (nSPS) is 23.2. The fourth-order valence-electron chi connectivity index (χ4n) is 0.371. The van der Waals surface area contributed by atoms with Crippen LogP contribution in [0.2, 0.25) is 0 Å². The summed E-state index contributed by atoms with van der Waals surface area (Å²) in [5.74, 6) is 0. The van der Waals surface area contributed by atoms with E-state index in [2.05, 4.69) is 0 Å². The van der Waals surface area contributed by atoms with Gasteiger partial charge in [-0.05, 0) is 0 Å². The first-order chi connectivity index (χ1) is 4.21. The Kier molecular flexibility index (Phi) is 3.31. The Bertz CT molecular complexity index is 165. The first-order valence-corrected chi connectivity index (χ1v) is 7.38. The maximum atomic E-state index is 10.6. The zero-order chi connectivity index (χ0) is 8.41. The molecule has 0 aliphatic heterocycles. The molecule has 2 unspecified atom stereocenters. The van der Waals surface area contributed by atoms with E-state index < -0.39 is 14.7 Å². The Morgan fingerprint density at radius 2 is 1.20 bits per heavy atom. The highest BCUT2D eigenvalue weighted by molar-refractivity contribution is 7.61. The lowest BCUT2D eigenvalue weighted by atomic mass is 11.0. The van der Waals surface area contributed by atoms with Crippen molar-refractivity contribution in [1.29, 1.82) is 0 Å². The van der Waals surface area contributed by atoms with E-state index in [1.54, 1.807) is 0 Å². The molecule has 6 heteroatoms. The Labute approximate surface area is 60.2 Å². The Hall–Kier alpha value is 0.380. The van der Waals surface area contributed by atoms with Crippen LogP contribution in [0.1, 0.15) is 0 Å². The van der Waals surface area contributed by atoms with Crippen LogP contribution in [0.3, 0.4) is 0 Å². The summed E-state index contributed by atoms with van der Waals surface area (Å²) in [4.78, 5) is 17.4. The lowest BCUT2D eigenvalue weighted by Gasteiger charge is -2.06. The minimum atomic E-state index is -3.09. The molecule has 0 radical (unpaired) electrons. The summed E-state index contributed by atoms with van der Waals surface area (Å²) in [6.45, 7) is 2.37. The van der Waals surface area contributed by atoms with Crippen LogP contribution in [0.25, 0.3) is 0 Å². The van der Waals surface area contributed by atoms with Gasteiger partial charge in [0.25, 0.3) is 0 Å². The molecule has 4 nitrogen and oxygen atoms in total. The zero-order valence-corrected chi connectivity index (χ0v) is 7.81. The van der Waals surface area contributed by atoms with Gasteiger partial charge >= 0.3 is 0 Å². The van der Waals surface area contributed by atoms with Gasteiger partial charge < -0.3 is 9.79 Å². The summed E-state index contributed by atoms with van der Waals surface area (Å²) in [5.41, 5.74) is 0. The predicted octanol–water partition coefficient (Wildman–Crippen LogP) is 0.787. The summed E-state index contributed by atoms with van der Waals surface area (Å²) in [6.07, 6.45) is -0.144. The molecule has 62 valence electrons. The average Bonchev–Trinajstić information content (AvgIpc) is 1.57. The summed E-state index contributed by atoms with van der Waals surface area (Å²) >= 11 is 0. The largest absolute Gasteiger partial charge is 0.344 e. The van der Waals surface area contributed by atoms with Gasteiger partial charge in [0.1, 0.15) is 0 Å². The third kappa shape index (κ3) is 8.38. The van der Waals surface area contributed by atoms with Crippen LogP contribution in [-0.2, 0) is 9.13 Å². The van der Waals surface area contributed by atoms with Crippen molar-refractivity contribution in [3.05, 3.63) is 0 Å². The Morgan fingerprint density at radius 3 is 1.30 bits per heavy atom. The molecule has 2 atom stereocenters. The molecule has 0 aliphatic carbocycles. The molecule has 0 aromatic heterocycles. The van der Waals surface area contributed by atoms with Crippen LogP contribution in [0.5, 0.6) is 0 Å². The molecule has 0 rings (SSSR count). The van der Waals surface area contributed by atoms with Crippen molar-refractivity contribution in [2.24, 2.45) is 0 Å². The molecule has 0 bridgehead atoms. The van der Waals surface area contributed by atoms with E-state index in [1.165, 1.54) is 13.3 Å². The zero-order valence-electron chi connectivity index (χ0n) is 6.02. The smallest absolute Gasteiger partial charge is 0.198 e. The van der Waals surface area contributed by atoms with Crippen LogP contribution in [0, 0.1) is 0 Å². The van der Waals surface area contributed by atoms with Crippen molar-refractivity contribution in [3.8, 4) is 0 Å². The minimum absolute atomic E-state index is 0.0721. The van der Waals surface area contributed by atoms with Crippen LogP contribution in [0.4, 0.5) is 0 Å². The molecule has 2 N–H and O–H groups in total. The molecule has 0 saturated carbocycles. The van der Waals surface area contributed by atoms with Crippen LogP contribution in [0.15, 0.2) is 0 Å². The maximum absolute atomic E-state index is 10.6. The molecular formula is C4H12O4P2. The van der Waals surface area contributed by atoms with Gasteiger partial charge in [-0.2, -0.15) is 0 Å². The second kappa shape index (κ2) is 3.19. The van der Waals surface area contributed by atoms with Gasteiger partial charge in [0.05, 0.1) is 0 Å². The van der Waals surface area contributed by atoms with E-state index in [0.29, 0.717) is 0 Å². The van der Waals surface area contributed by atoms with E-state index in [1.807, 2.05) is 0 Å². The molecule has 0 amide bonds. The van der Waals surface area contributed by atoms with E-state index in [-0.39, 0.29) is 12.3 Å².